The summed E-state index contributed by atoms with van der Waals surface area (Å²) in [5.41, 5.74) is 0. The Morgan fingerprint density at radius 2 is 1.80 bits per heavy atom. The quantitative estimate of drug-likeness (QED) is 0.447. The van der Waals surface area contributed by atoms with Crippen LogP contribution in [-0.4, -0.2) is 11.1 Å². The predicted molar refractivity (Wildman–Crippen MR) is 13.0 cm³/mol. The average molecular weight is 115 g/mol. The molecule has 0 aliphatic carbocycles. The van der Waals surface area contributed by atoms with Gasteiger partial charge in [-0.15, -0.1) is 0 Å². The molecule has 0 aromatic rings. The molecule has 2 nitrogen and oxygen atoms in total. The summed E-state index contributed by atoms with van der Waals surface area (Å²) in [6, 6.07) is 0. The standard InChI is InChI=1S/C2H3O2.Fe/c1-2(3)4;/h1H2,(H,3,4);. The van der Waals surface area contributed by atoms with Crippen LogP contribution in [0, 0.1) is 6.92 Å². The van der Waals surface area contributed by atoms with Crippen LogP contribution in [0.15, 0.2) is 0 Å². The van der Waals surface area contributed by atoms with Crippen LogP contribution < -0.4 is 0 Å². The molecule has 0 bridgehead atoms. The number of aliphatic carboxylic acids is 1. The van der Waals surface area contributed by atoms with Gasteiger partial charge < -0.3 is 5.11 Å². The number of hydrogen-bond donors (Lipinski definition) is 1. The van der Waals surface area contributed by atoms with E-state index >= 15 is 0 Å². The van der Waals surface area contributed by atoms with E-state index in [0.29, 0.717) is 0 Å². The average Bonchev–Trinajstić information content (AvgIpc) is 0.811. The van der Waals surface area contributed by atoms with Crippen LogP contribution in [0.5, 0.6) is 0 Å². The summed E-state index contributed by atoms with van der Waals surface area (Å²) in [6.07, 6.45) is 0. The van der Waals surface area contributed by atoms with Gasteiger partial charge in [-0.05, 0) is 0 Å². The first-order chi connectivity index (χ1) is 1.73. The van der Waals surface area contributed by atoms with Gasteiger partial charge in [0.15, 0.2) is 0 Å². The molecule has 0 heterocycles. The molecule has 3 heteroatoms. The summed E-state index contributed by atoms with van der Waals surface area (Å²) >= 11 is 0. The van der Waals surface area contributed by atoms with Gasteiger partial charge in [0.25, 0.3) is 0 Å². The number of carboxylic acids is 1. The van der Waals surface area contributed by atoms with Crippen LogP contribution in [0.25, 0.3) is 0 Å². The molecule has 0 fully saturated rings. The molecule has 0 saturated carbocycles. The monoisotopic (exact) mass is 115 g/mol. The van der Waals surface area contributed by atoms with Crippen LogP contribution >= 0.6 is 0 Å². The van der Waals surface area contributed by atoms with Gasteiger partial charge in [-0.25, -0.2) is 0 Å². The Kier molecular flexibility index (Phi) is 7.09. The molecule has 0 saturated heterocycles. The summed E-state index contributed by atoms with van der Waals surface area (Å²) in [6.45, 7) is 2.56. The van der Waals surface area contributed by atoms with Crippen LogP contribution in [-0.2, 0) is 21.9 Å². The largest absolute Gasteiger partial charge is 0.481 e. The van der Waals surface area contributed by atoms with Gasteiger partial charge in [-0.1, -0.05) is 0 Å². The number of carboxylic acid groups (broad SMARTS) is 1. The maximum atomic E-state index is 8.89. The van der Waals surface area contributed by atoms with Gasteiger partial charge in [0, 0.05) is 17.1 Å². The molecule has 0 aliphatic rings. The summed E-state index contributed by atoms with van der Waals surface area (Å²) < 4.78 is 0. The van der Waals surface area contributed by atoms with E-state index in [4.69, 9.17) is 9.90 Å². The Bertz CT molecular complexity index is 30.6. The normalized spacial score (nSPS) is 5.00. The van der Waals surface area contributed by atoms with E-state index in [-0.39, 0.29) is 17.1 Å². The zero-order valence-corrected chi connectivity index (χ0v) is 3.52. The minimum Gasteiger partial charge on any atom is -0.481 e. The van der Waals surface area contributed by atoms with Crippen molar-refractivity contribution >= 4 is 5.97 Å². The Morgan fingerprint density at radius 3 is 1.80 bits per heavy atom. The van der Waals surface area contributed by atoms with Crippen molar-refractivity contribution in [2.24, 2.45) is 0 Å². The second-order valence-corrected chi connectivity index (χ2v) is 0.394. The Hall–Kier alpha value is -0.0105. The van der Waals surface area contributed by atoms with E-state index in [2.05, 4.69) is 6.92 Å². The maximum Gasteiger partial charge on any atom is 0.303 e. The van der Waals surface area contributed by atoms with Crippen molar-refractivity contribution in [3.05, 3.63) is 6.92 Å². The molecule has 0 rings (SSSR count). The molecule has 1 radical (unpaired) electrons. The van der Waals surface area contributed by atoms with Gasteiger partial charge in [-0.2, -0.15) is 0 Å². The molecular formula is C2H3FeO2. The maximum absolute atomic E-state index is 8.89. The minimum atomic E-state index is -1.08. The van der Waals surface area contributed by atoms with Gasteiger partial charge in [-0.3, -0.25) is 4.79 Å². The molecule has 0 aromatic carbocycles. The van der Waals surface area contributed by atoms with Crippen molar-refractivity contribution in [3.63, 3.8) is 0 Å². The zero-order valence-electron chi connectivity index (χ0n) is 2.42. The summed E-state index contributed by atoms with van der Waals surface area (Å²) in [5.74, 6) is -1.08. The van der Waals surface area contributed by atoms with E-state index in [9.17, 15) is 0 Å². The van der Waals surface area contributed by atoms with E-state index in [1.807, 2.05) is 0 Å². The van der Waals surface area contributed by atoms with Crippen molar-refractivity contribution in [1.29, 1.82) is 0 Å². The Labute approximate surface area is 40.7 Å². The number of carbonyl (C=O) groups is 1. The molecule has 0 amide bonds. The van der Waals surface area contributed by atoms with Gasteiger partial charge in [0.05, 0.1) is 6.92 Å². The molecule has 1 N–H and O–H groups in total. The predicted octanol–water partition coefficient (Wildman–Crippen LogP) is -0.0974. The Morgan fingerprint density at radius 1 is 1.80 bits per heavy atom. The molecular weight excluding hydrogens is 112 g/mol. The van der Waals surface area contributed by atoms with Crippen LogP contribution in [0.2, 0.25) is 0 Å². The fourth-order valence-corrected chi connectivity index (χ4v) is 0. The topological polar surface area (TPSA) is 37.3 Å². The van der Waals surface area contributed by atoms with Crippen molar-refractivity contribution in [2.45, 2.75) is 0 Å². The van der Waals surface area contributed by atoms with Crippen molar-refractivity contribution in [3.8, 4) is 0 Å². The number of hydrogen-bond acceptors (Lipinski definition) is 1. The zero-order chi connectivity index (χ0) is 3.58. The molecule has 0 aliphatic heterocycles. The summed E-state index contributed by atoms with van der Waals surface area (Å²) in [4.78, 5) is 8.89. The molecule has 0 aromatic heterocycles. The van der Waals surface area contributed by atoms with Crippen LogP contribution in [0.3, 0.4) is 0 Å². The van der Waals surface area contributed by atoms with E-state index in [1.165, 1.54) is 0 Å². The second kappa shape index (κ2) is 3.99. The SMILES string of the molecule is [CH2]C(=O)O.[Fe]. The van der Waals surface area contributed by atoms with Gasteiger partial charge in [0.2, 0.25) is 0 Å². The molecule has 31 valence electrons. The van der Waals surface area contributed by atoms with Crippen molar-refractivity contribution in [2.75, 3.05) is 0 Å². The van der Waals surface area contributed by atoms with Crippen molar-refractivity contribution in [1.82, 2.24) is 0 Å². The smallest absolute Gasteiger partial charge is 0.303 e. The van der Waals surface area contributed by atoms with E-state index in [1.54, 1.807) is 0 Å². The van der Waals surface area contributed by atoms with Crippen molar-refractivity contribution < 1.29 is 27.0 Å². The molecule has 5 heavy (non-hydrogen) atoms. The summed E-state index contributed by atoms with van der Waals surface area (Å²) in [7, 11) is 0. The van der Waals surface area contributed by atoms with Gasteiger partial charge in [0.1, 0.15) is 0 Å². The fourth-order valence-electron chi connectivity index (χ4n) is 0. The fraction of sp³-hybridized carbons (Fsp3) is 0. The minimum absolute atomic E-state index is 0. The molecule has 0 spiro atoms. The third kappa shape index (κ3) is 143000. The second-order valence-electron chi connectivity index (χ2n) is 0.394. The van der Waals surface area contributed by atoms with E-state index in [0.717, 1.165) is 0 Å². The number of rotatable bonds is 0. The third-order valence-corrected chi connectivity index (χ3v) is 0. The molecule has 0 unspecified atom stereocenters. The van der Waals surface area contributed by atoms with Crippen LogP contribution in [0.1, 0.15) is 0 Å². The first kappa shape index (κ1) is 8.89. The first-order valence-corrected chi connectivity index (χ1v) is 0.781. The first-order valence-electron chi connectivity index (χ1n) is 0.781. The van der Waals surface area contributed by atoms with Gasteiger partial charge >= 0.3 is 5.97 Å². The third-order valence-electron chi connectivity index (χ3n) is 0. The Balaban J connectivity index is 0. The van der Waals surface area contributed by atoms with Crippen LogP contribution in [0.4, 0.5) is 0 Å². The summed E-state index contributed by atoms with van der Waals surface area (Å²) in [5, 5.41) is 7.31. The van der Waals surface area contributed by atoms with E-state index < -0.39 is 5.97 Å². The molecule has 0 atom stereocenters.